The molecule has 0 heterocycles. The SMILES string of the molecule is COc1ccc(C=C2C[C@@]3(C)C(=C(C)C2=O)CCC[C@@H]3O)c(OC)c1OC. The lowest BCUT2D eigenvalue weighted by Crippen LogP contribution is -2.42. The van der Waals surface area contributed by atoms with Crippen LogP contribution in [0, 0.1) is 5.41 Å². The fraction of sp³-hybridized carbons (Fsp3) is 0.500. The normalized spacial score (nSPS) is 26.8. The molecule has 146 valence electrons. The third kappa shape index (κ3) is 3.14. The molecule has 0 radical (unpaired) electrons. The Labute approximate surface area is 160 Å². The van der Waals surface area contributed by atoms with Crippen molar-refractivity contribution in [3.05, 3.63) is 34.4 Å². The van der Waals surface area contributed by atoms with Gasteiger partial charge in [-0.05, 0) is 56.4 Å². The van der Waals surface area contributed by atoms with E-state index in [0.717, 1.165) is 36.0 Å². The Bertz CT molecular complexity index is 820. The molecule has 3 rings (SSSR count). The topological polar surface area (TPSA) is 65.0 Å². The van der Waals surface area contributed by atoms with Crippen LogP contribution in [0.2, 0.25) is 0 Å². The number of hydrogen-bond donors (Lipinski definition) is 1. The van der Waals surface area contributed by atoms with Gasteiger partial charge in [-0.2, -0.15) is 0 Å². The monoisotopic (exact) mass is 372 g/mol. The molecule has 2 aliphatic rings. The van der Waals surface area contributed by atoms with E-state index >= 15 is 0 Å². The molecule has 0 bridgehead atoms. The Morgan fingerprint density at radius 3 is 2.48 bits per heavy atom. The van der Waals surface area contributed by atoms with Gasteiger partial charge in [0.15, 0.2) is 17.3 Å². The van der Waals surface area contributed by atoms with Crippen molar-refractivity contribution in [1.82, 2.24) is 0 Å². The minimum atomic E-state index is -0.431. The second-order valence-electron chi connectivity index (χ2n) is 7.53. The van der Waals surface area contributed by atoms with Crippen LogP contribution in [0.25, 0.3) is 6.08 Å². The summed E-state index contributed by atoms with van der Waals surface area (Å²) in [6.07, 6.45) is 4.54. The largest absolute Gasteiger partial charge is 0.493 e. The number of aliphatic hydroxyl groups excluding tert-OH is 1. The minimum Gasteiger partial charge on any atom is -0.493 e. The molecule has 2 atom stereocenters. The predicted molar refractivity (Wildman–Crippen MR) is 104 cm³/mol. The molecule has 1 N–H and O–H groups in total. The van der Waals surface area contributed by atoms with Crippen LogP contribution in [0.1, 0.15) is 45.1 Å². The van der Waals surface area contributed by atoms with Crippen molar-refractivity contribution >= 4 is 11.9 Å². The zero-order valence-electron chi connectivity index (χ0n) is 16.7. The fourth-order valence-corrected chi connectivity index (χ4v) is 4.51. The number of aliphatic hydroxyl groups is 1. The maximum Gasteiger partial charge on any atom is 0.203 e. The van der Waals surface area contributed by atoms with Gasteiger partial charge in [0, 0.05) is 16.6 Å². The highest BCUT2D eigenvalue weighted by Crippen LogP contribution is 2.51. The molecule has 27 heavy (non-hydrogen) atoms. The second kappa shape index (κ2) is 7.39. The maximum absolute atomic E-state index is 13.0. The summed E-state index contributed by atoms with van der Waals surface area (Å²) in [6.45, 7) is 3.95. The van der Waals surface area contributed by atoms with Crippen LogP contribution in [0.15, 0.2) is 28.9 Å². The van der Waals surface area contributed by atoms with Crippen molar-refractivity contribution in [2.75, 3.05) is 21.3 Å². The van der Waals surface area contributed by atoms with Gasteiger partial charge in [-0.15, -0.1) is 0 Å². The van der Waals surface area contributed by atoms with Crippen LogP contribution in [0.4, 0.5) is 0 Å². The molecule has 0 aliphatic heterocycles. The molecule has 1 fully saturated rings. The number of ketones is 1. The molecule has 0 spiro atoms. The molecule has 1 aromatic rings. The molecule has 1 saturated carbocycles. The first-order valence-corrected chi connectivity index (χ1v) is 9.30. The lowest BCUT2D eigenvalue weighted by Gasteiger charge is -2.45. The first-order chi connectivity index (χ1) is 12.9. The number of carbonyl (C=O) groups excluding carboxylic acids is 1. The number of hydrogen-bond acceptors (Lipinski definition) is 5. The fourth-order valence-electron chi connectivity index (χ4n) is 4.51. The van der Waals surface area contributed by atoms with Gasteiger partial charge in [-0.1, -0.05) is 12.5 Å². The molecule has 0 aromatic heterocycles. The molecule has 2 aliphatic carbocycles. The number of carbonyl (C=O) groups is 1. The average molecular weight is 372 g/mol. The molecule has 0 saturated heterocycles. The van der Waals surface area contributed by atoms with Gasteiger partial charge in [0.2, 0.25) is 5.75 Å². The summed E-state index contributed by atoms with van der Waals surface area (Å²) in [5.41, 5.74) is 2.94. The number of rotatable bonds is 4. The molecular formula is C22H28O5. The van der Waals surface area contributed by atoms with Crippen molar-refractivity contribution in [2.45, 2.75) is 45.6 Å². The summed E-state index contributed by atoms with van der Waals surface area (Å²) < 4.78 is 16.3. The zero-order chi connectivity index (χ0) is 19.8. The number of benzene rings is 1. The van der Waals surface area contributed by atoms with E-state index in [2.05, 4.69) is 6.92 Å². The molecule has 5 heteroatoms. The average Bonchev–Trinajstić information content (AvgIpc) is 2.67. The van der Waals surface area contributed by atoms with Gasteiger partial charge in [0.1, 0.15) is 0 Å². The van der Waals surface area contributed by atoms with E-state index in [1.54, 1.807) is 27.4 Å². The maximum atomic E-state index is 13.0. The van der Waals surface area contributed by atoms with Gasteiger partial charge >= 0.3 is 0 Å². The predicted octanol–water partition coefficient (Wildman–Crippen LogP) is 3.94. The van der Waals surface area contributed by atoms with E-state index in [1.165, 1.54) is 0 Å². The van der Waals surface area contributed by atoms with Crippen molar-refractivity contribution in [2.24, 2.45) is 5.41 Å². The van der Waals surface area contributed by atoms with E-state index < -0.39 is 6.10 Å². The van der Waals surface area contributed by atoms with Gasteiger partial charge in [-0.3, -0.25) is 4.79 Å². The summed E-state index contributed by atoms with van der Waals surface area (Å²) in [4.78, 5) is 13.0. The van der Waals surface area contributed by atoms with E-state index in [-0.39, 0.29) is 11.2 Å². The number of fused-ring (bicyclic) bond motifs is 1. The lowest BCUT2D eigenvalue weighted by atomic mass is 9.61. The second-order valence-corrected chi connectivity index (χ2v) is 7.53. The molecule has 0 amide bonds. The van der Waals surface area contributed by atoms with Gasteiger partial charge < -0.3 is 19.3 Å². The van der Waals surface area contributed by atoms with Gasteiger partial charge in [-0.25, -0.2) is 0 Å². The van der Waals surface area contributed by atoms with Crippen LogP contribution in [0.3, 0.4) is 0 Å². The summed E-state index contributed by atoms with van der Waals surface area (Å²) >= 11 is 0. The Kier molecular flexibility index (Phi) is 5.33. The van der Waals surface area contributed by atoms with E-state index in [4.69, 9.17) is 14.2 Å². The first-order valence-electron chi connectivity index (χ1n) is 9.30. The zero-order valence-corrected chi connectivity index (χ0v) is 16.7. The standard InChI is InChI=1S/C22H28O5/c1-13-16-7-6-8-18(23)22(16,2)12-15(19(13)24)11-14-9-10-17(25-3)21(27-5)20(14)26-4/h9-11,18,23H,6-8,12H2,1-5H3/t18-,22-/m0/s1. The summed E-state index contributed by atoms with van der Waals surface area (Å²) in [7, 11) is 4.69. The molecule has 1 aromatic carbocycles. The Balaban J connectivity index is 2.11. The quantitative estimate of drug-likeness (QED) is 0.811. The van der Waals surface area contributed by atoms with Gasteiger partial charge in [0.25, 0.3) is 0 Å². The Morgan fingerprint density at radius 2 is 1.85 bits per heavy atom. The lowest BCUT2D eigenvalue weighted by molar-refractivity contribution is -0.113. The van der Waals surface area contributed by atoms with Crippen molar-refractivity contribution < 1.29 is 24.1 Å². The number of methoxy groups -OCH3 is 3. The van der Waals surface area contributed by atoms with Crippen LogP contribution in [-0.4, -0.2) is 38.3 Å². The van der Waals surface area contributed by atoms with Crippen LogP contribution in [-0.2, 0) is 4.79 Å². The Hall–Kier alpha value is -2.27. The highest BCUT2D eigenvalue weighted by Gasteiger charge is 2.45. The van der Waals surface area contributed by atoms with Crippen LogP contribution < -0.4 is 14.2 Å². The number of ether oxygens (including phenoxy) is 3. The number of allylic oxidation sites excluding steroid dienone is 2. The molecule has 5 nitrogen and oxygen atoms in total. The van der Waals surface area contributed by atoms with E-state index in [1.807, 2.05) is 19.1 Å². The van der Waals surface area contributed by atoms with Crippen molar-refractivity contribution in [3.8, 4) is 17.2 Å². The molecule has 0 unspecified atom stereocenters. The number of Topliss-reactive ketones (excluding diaryl/α,β-unsaturated/α-hetero) is 1. The third-order valence-electron chi connectivity index (χ3n) is 6.04. The van der Waals surface area contributed by atoms with Crippen LogP contribution >= 0.6 is 0 Å². The highest BCUT2D eigenvalue weighted by atomic mass is 16.5. The Morgan fingerprint density at radius 1 is 1.15 bits per heavy atom. The summed E-state index contributed by atoms with van der Waals surface area (Å²) in [5.74, 6) is 1.64. The van der Waals surface area contributed by atoms with E-state index in [9.17, 15) is 9.90 Å². The van der Waals surface area contributed by atoms with Crippen molar-refractivity contribution in [1.29, 1.82) is 0 Å². The first kappa shape index (κ1) is 19.5. The van der Waals surface area contributed by atoms with Gasteiger partial charge in [0.05, 0.1) is 27.4 Å². The van der Waals surface area contributed by atoms with Crippen molar-refractivity contribution in [3.63, 3.8) is 0 Å². The summed E-state index contributed by atoms with van der Waals surface area (Å²) in [5, 5.41) is 10.7. The summed E-state index contributed by atoms with van der Waals surface area (Å²) in [6, 6.07) is 3.65. The minimum absolute atomic E-state index is 0.0495. The third-order valence-corrected chi connectivity index (χ3v) is 6.04. The van der Waals surface area contributed by atoms with E-state index in [0.29, 0.717) is 29.2 Å². The molecular weight excluding hydrogens is 344 g/mol. The highest BCUT2D eigenvalue weighted by molar-refractivity contribution is 6.12. The van der Waals surface area contributed by atoms with Crippen LogP contribution in [0.5, 0.6) is 17.2 Å². The smallest absolute Gasteiger partial charge is 0.203 e.